The third kappa shape index (κ3) is 3.14. The summed E-state index contributed by atoms with van der Waals surface area (Å²) in [5.74, 6) is 1.19. The minimum atomic E-state index is -0.141. The molecule has 0 saturated carbocycles. The molecule has 5 heteroatoms. The number of hydrogen-bond acceptors (Lipinski definition) is 4. The first-order valence-corrected chi connectivity index (χ1v) is 6.31. The molecule has 0 bridgehead atoms. The van der Waals surface area contributed by atoms with E-state index in [2.05, 4.69) is 26.1 Å². The van der Waals surface area contributed by atoms with E-state index in [9.17, 15) is 0 Å². The minimum absolute atomic E-state index is 0.141. The summed E-state index contributed by atoms with van der Waals surface area (Å²) in [5.41, 5.74) is 6.96. The lowest BCUT2D eigenvalue weighted by Gasteiger charge is -1.99. The van der Waals surface area contributed by atoms with Crippen LogP contribution in [0.2, 0.25) is 0 Å². The largest absolute Gasteiger partial charge is 0.339 e. The van der Waals surface area contributed by atoms with E-state index < -0.39 is 0 Å². The van der Waals surface area contributed by atoms with Crippen LogP contribution >= 0.6 is 15.9 Å². The zero-order valence-electron chi connectivity index (χ0n) is 9.56. The van der Waals surface area contributed by atoms with Gasteiger partial charge in [-0.3, -0.25) is 0 Å². The Hall–Kier alpha value is -1.20. The fraction of sp³-hybridized carbons (Fsp3) is 0.333. The normalized spacial score (nSPS) is 12.6. The van der Waals surface area contributed by atoms with Gasteiger partial charge in [0, 0.05) is 4.47 Å². The fourth-order valence-electron chi connectivity index (χ4n) is 1.45. The Morgan fingerprint density at radius 1 is 1.35 bits per heavy atom. The molecule has 4 nitrogen and oxygen atoms in total. The van der Waals surface area contributed by atoms with Gasteiger partial charge in [-0.1, -0.05) is 40.1 Å². The maximum atomic E-state index is 5.83. The summed E-state index contributed by atoms with van der Waals surface area (Å²) < 4.78 is 6.22. The number of benzene rings is 1. The third-order valence-corrected chi connectivity index (χ3v) is 3.05. The number of nitrogens with zero attached hydrogens (tertiary/aromatic N) is 2. The Balaban J connectivity index is 2.08. The molecule has 0 radical (unpaired) electrons. The van der Waals surface area contributed by atoms with Gasteiger partial charge in [0.1, 0.15) is 0 Å². The van der Waals surface area contributed by atoms with Gasteiger partial charge in [0.15, 0.2) is 5.82 Å². The summed E-state index contributed by atoms with van der Waals surface area (Å²) in [7, 11) is 0. The second-order valence-corrected chi connectivity index (χ2v) is 4.78. The van der Waals surface area contributed by atoms with Crippen LogP contribution in [-0.2, 0) is 6.42 Å². The Kier molecular flexibility index (Phi) is 3.91. The Morgan fingerprint density at radius 3 is 2.71 bits per heavy atom. The molecule has 0 aliphatic heterocycles. The van der Waals surface area contributed by atoms with Crippen LogP contribution in [0, 0.1) is 0 Å². The van der Waals surface area contributed by atoms with Crippen LogP contribution in [0.3, 0.4) is 0 Å². The van der Waals surface area contributed by atoms with Crippen molar-refractivity contribution in [3.63, 3.8) is 0 Å². The zero-order chi connectivity index (χ0) is 12.3. The van der Waals surface area contributed by atoms with Crippen molar-refractivity contribution < 1.29 is 4.52 Å². The molecule has 1 aromatic carbocycles. The van der Waals surface area contributed by atoms with Crippen LogP contribution in [0.1, 0.15) is 36.7 Å². The summed E-state index contributed by atoms with van der Waals surface area (Å²) >= 11 is 3.40. The highest BCUT2D eigenvalue weighted by Crippen LogP contribution is 2.15. The first-order valence-electron chi connectivity index (χ1n) is 5.51. The van der Waals surface area contributed by atoms with Gasteiger partial charge in [-0.15, -0.1) is 0 Å². The zero-order valence-corrected chi connectivity index (χ0v) is 11.1. The molecule has 0 spiro atoms. The summed E-state index contributed by atoms with van der Waals surface area (Å²) in [6.07, 6.45) is 1.44. The molecule has 0 amide bonds. The lowest BCUT2D eigenvalue weighted by molar-refractivity contribution is 0.375. The van der Waals surface area contributed by atoms with Gasteiger partial charge in [-0.2, -0.15) is 4.98 Å². The van der Waals surface area contributed by atoms with Crippen molar-refractivity contribution in [2.45, 2.75) is 25.8 Å². The van der Waals surface area contributed by atoms with E-state index in [-0.39, 0.29) is 6.04 Å². The molecule has 1 unspecified atom stereocenters. The molecule has 2 N–H and O–H groups in total. The molecule has 0 aliphatic rings. The van der Waals surface area contributed by atoms with Crippen molar-refractivity contribution in [2.75, 3.05) is 0 Å². The first-order chi connectivity index (χ1) is 8.19. The molecule has 1 heterocycles. The van der Waals surface area contributed by atoms with Crippen molar-refractivity contribution in [1.82, 2.24) is 10.1 Å². The maximum Gasteiger partial charge on any atom is 0.231 e. The predicted molar refractivity (Wildman–Crippen MR) is 68.5 cm³/mol. The summed E-state index contributed by atoms with van der Waals surface area (Å²) in [6.45, 7) is 2.00. The monoisotopic (exact) mass is 295 g/mol. The number of aromatic nitrogens is 2. The van der Waals surface area contributed by atoms with Gasteiger partial charge in [0.2, 0.25) is 5.89 Å². The van der Waals surface area contributed by atoms with Crippen molar-refractivity contribution >= 4 is 15.9 Å². The van der Waals surface area contributed by atoms with E-state index in [4.69, 9.17) is 10.3 Å². The number of hydrogen-bond donors (Lipinski definition) is 1. The number of nitrogens with two attached hydrogens (primary N) is 1. The van der Waals surface area contributed by atoms with Crippen molar-refractivity contribution in [1.29, 1.82) is 0 Å². The average Bonchev–Trinajstić information content (AvgIpc) is 2.80. The molecular formula is C12H14BrN3O. The second kappa shape index (κ2) is 5.42. The van der Waals surface area contributed by atoms with Crippen molar-refractivity contribution in [3.05, 3.63) is 46.0 Å². The summed E-state index contributed by atoms with van der Waals surface area (Å²) in [5, 5.41) is 3.88. The molecule has 2 rings (SSSR count). The maximum absolute atomic E-state index is 5.83. The van der Waals surface area contributed by atoms with Crippen LogP contribution in [0.4, 0.5) is 0 Å². The van der Waals surface area contributed by atoms with Gasteiger partial charge in [-0.25, -0.2) is 0 Å². The highest BCUT2D eigenvalue weighted by Gasteiger charge is 2.12. The molecule has 90 valence electrons. The number of rotatable bonds is 4. The SMILES string of the molecule is CCC(N)c1noc(Cc2ccc(Br)cc2)n1. The first kappa shape index (κ1) is 12.3. The van der Waals surface area contributed by atoms with Crippen LogP contribution in [0.25, 0.3) is 0 Å². The highest BCUT2D eigenvalue weighted by atomic mass is 79.9. The average molecular weight is 296 g/mol. The van der Waals surface area contributed by atoms with E-state index in [0.29, 0.717) is 18.1 Å². The Morgan fingerprint density at radius 2 is 2.06 bits per heavy atom. The molecule has 1 aromatic heterocycles. The molecule has 0 aliphatic carbocycles. The lowest BCUT2D eigenvalue weighted by atomic mass is 10.1. The molecule has 17 heavy (non-hydrogen) atoms. The lowest BCUT2D eigenvalue weighted by Crippen LogP contribution is -2.10. The van der Waals surface area contributed by atoms with Crippen LogP contribution < -0.4 is 5.73 Å². The minimum Gasteiger partial charge on any atom is -0.339 e. The van der Waals surface area contributed by atoms with E-state index in [1.54, 1.807) is 0 Å². The highest BCUT2D eigenvalue weighted by molar-refractivity contribution is 9.10. The van der Waals surface area contributed by atoms with E-state index in [0.717, 1.165) is 16.5 Å². The predicted octanol–water partition coefficient (Wildman–Crippen LogP) is 2.83. The van der Waals surface area contributed by atoms with Crippen LogP contribution in [0.15, 0.2) is 33.3 Å². The van der Waals surface area contributed by atoms with Crippen LogP contribution in [-0.4, -0.2) is 10.1 Å². The van der Waals surface area contributed by atoms with Gasteiger partial charge >= 0.3 is 0 Å². The quantitative estimate of drug-likeness (QED) is 0.942. The van der Waals surface area contributed by atoms with Crippen molar-refractivity contribution in [3.8, 4) is 0 Å². The topological polar surface area (TPSA) is 64.9 Å². The van der Waals surface area contributed by atoms with E-state index in [1.807, 2.05) is 31.2 Å². The second-order valence-electron chi connectivity index (χ2n) is 3.86. The fourth-order valence-corrected chi connectivity index (χ4v) is 1.71. The van der Waals surface area contributed by atoms with E-state index in [1.165, 1.54) is 0 Å². The molecule has 2 aromatic rings. The molecule has 1 atom stereocenters. The Bertz CT molecular complexity index is 481. The van der Waals surface area contributed by atoms with Gasteiger partial charge in [0.05, 0.1) is 12.5 Å². The van der Waals surface area contributed by atoms with Crippen molar-refractivity contribution in [2.24, 2.45) is 5.73 Å². The third-order valence-electron chi connectivity index (χ3n) is 2.52. The smallest absolute Gasteiger partial charge is 0.231 e. The molecule has 0 saturated heterocycles. The molecule has 0 fully saturated rings. The van der Waals surface area contributed by atoms with Gasteiger partial charge in [0.25, 0.3) is 0 Å². The number of halogens is 1. The van der Waals surface area contributed by atoms with Crippen LogP contribution in [0.5, 0.6) is 0 Å². The van der Waals surface area contributed by atoms with E-state index >= 15 is 0 Å². The standard InChI is InChI=1S/C12H14BrN3O/c1-2-10(14)12-15-11(17-16-12)7-8-3-5-9(13)6-4-8/h3-6,10H,2,7,14H2,1H3. The summed E-state index contributed by atoms with van der Waals surface area (Å²) in [4.78, 5) is 4.28. The Labute approximate surface area is 108 Å². The van der Waals surface area contributed by atoms with Gasteiger partial charge in [-0.05, 0) is 24.1 Å². The summed E-state index contributed by atoms with van der Waals surface area (Å²) in [6, 6.07) is 7.88. The van der Waals surface area contributed by atoms with Gasteiger partial charge < -0.3 is 10.3 Å². The molecular weight excluding hydrogens is 282 g/mol.